The largest absolute Gasteiger partial charge is 0.453 e. The van der Waals surface area contributed by atoms with Gasteiger partial charge >= 0.3 is 12.3 Å². The highest BCUT2D eigenvalue weighted by atomic mass is 19.4. The Bertz CT molecular complexity index is 569. The summed E-state index contributed by atoms with van der Waals surface area (Å²) in [7, 11) is 1.32. The van der Waals surface area contributed by atoms with Crippen molar-refractivity contribution in [2.45, 2.75) is 57.8 Å². The Balaban J connectivity index is 2.26. The highest BCUT2D eigenvalue weighted by Gasteiger charge is 2.37. The van der Waals surface area contributed by atoms with Crippen LogP contribution in [0.3, 0.4) is 0 Å². The van der Waals surface area contributed by atoms with Crippen LogP contribution in [-0.4, -0.2) is 40.5 Å². The highest BCUT2D eigenvalue weighted by molar-refractivity contribution is 5.67. The van der Waals surface area contributed by atoms with Crippen LogP contribution in [0, 0.1) is 0 Å². The number of carbonyl (C=O) groups excluding carboxylic acids is 1. The predicted octanol–water partition coefficient (Wildman–Crippen LogP) is 3.82. The van der Waals surface area contributed by atoms with Gasteiger partial charge in [-0.1, -0.05) is 13.8 Å². The van der Waals surface area contributed by atoms with E-state index < -0.39 is 18.0 Å². The van der Waals surface area contributed by atoms with Crippen LogP contribution in [-0.2, 0) is 10.9 Å². The summed E-state index contributed by atoms with van der Waals surface area (Å²) in [6, 6.07) is 0.862. The van der Waals surface area contributed by atoms with Crippen LogP contribution in [0.1, 0.15) is 57.0 Å². The molecule has 1 saturated heterocycles. The molecule has 2 unspecified atom stereocenters. The highest BCUT2D eigenvalue weighted by Crippen LogP contribution is 2.35. The standard InChI is InChI=1S/C15H22F3N3O2/c1-9(2)12-8-13(15(16,17)18)19-21(12)11-5-6-20(10(3)7-11)14(22)23-4/h8-11H,5-7H2,1-4H3. The van der Waals surface area contributed by atoms with Gasteiger partial charge in [0.15, 0.2) is 5.69 Å². The molecule has 2 heterocycles. The van der Waals surface area contributed by atoms with Crippen molar-refractivity contribution >= 4 is 6.09 Å². The average Bonchev–Trinajstić information content (AvgIpc) is 2.91. The van der Waals surface area contributed by atoms with Crippen LogP contribution in [0.4, 0.5) is 18.0 Å². The van der Waals surface area contributed by atoms with Gasteiger partial charge in [-0.2, -0.15) is 18.3 Å². The van der Waals surface area contributed by atoms with Crippen molar-refractivity contribution < 1.29 is 22.7 Å². The summed E-state index contributed by atoms with van der Waals surface area (Å²) in [5.74, 6) is -0.0625. The van der Waals surface area contributed by atoms with E-state index in [1.165, 1.54) is 11.8 Å². The summed E-state index contributed by atoms with van der Waals surface area (Å²) < 4.78 is 45.1. The molecule has 1 fully saturated rings. The van der Waals surface area contributed by atoms with Gasteiger partial charge < -0.3 is 9.64 Å². The first-order valence-corrected chi connectivity index (χ1v) is 7.66. The van der Waals surface area contributed by atoms with Crippen molar-refractivity contribution in [1.29, 1.82) is 0 Å². The van der Waals surface area contributed by atoms with Crippen LogP contribution >= 0.6 is 0 Å². The lowest BCUT2D eigenvalue weighted by Gasteiger charge is -2.37. The molecule has 1 aliphatic heterocycles. The van der Waals surface area contributed by atoms with E-state index in [2.05, 4.69) is 5.10 Å². The zero-order chi connectivity index (χ0) is 17.4. The van der Waals surface area contributed by atoms with Gasteiger partial charge in [-0.25, -0.2) is 4.79 Å². The van der Waals surface area contributed by atoms with Crippen molar-refractivity contribution in [1.82, 2.24) is 14.7 Å². The smallest absolute Gasteiger partial charge is 0.435 e. The van der Waals surface area contributed by atoms with Crippen molar-refractivity contribution in [2.75, 3.05) is 13.7 Å². The third kappa shape index (κ3) is 3.61. The van der Waals surface area contributed by atoms with Crippen molar-refractivity contribution in [3.8, 4) is 0 Å². The quantitative estimate of drug-likeness (QED) is 0.827. The van der Waals surface area contributed by atoms with Gasteiger partial charge in [-0.05, 0) is 31.7 Å². The molecule has 0 aliphatic carbocycles. The van der Waals surface area contributed by atoms with Gasteiger partial charge in [0.25, 0.3) is 0 Å². The molecular formula is C15H22F3N3O2. The summed E-state index contributed by atoms with van der Waals surface area (Å²) in [6.07, 6.45) is -3.75. The molecule has 130 valence electrons. The number of ether oxygens (including phenoxy) is 1. The van der Waals surface area contributed by atoms with E-state index in [0.29, 0.717) is 25.1 Å². The maximum absolute atomic E-state index is 13.0. The van der Waals surface area contributed by atoms with E-state index in [4.69, 9.17) is 4.74 Å². The van der Waals surface area contributed by atoms with Gasteiger partial charge in [0, 0.05) is 18.3 Å². The van der Waals surface area contributed by atoms with Crippen LogP contribution in [0.25, 0.3) is 0 Å². The second-order valence-corrected chi connectivity index (χ2v) is 6.24. The summed E-state index contributed by atoms with van der Waals surface area (Å²) in [6.45, 7) is 6.00. The Morgan fingerprint density at radius 2 is 2.09 bits per heavy atom. The van der Waals surface area contributed by atoms with Gasteiger partial charge in [-0.15, -0.1) is 0 Å². The summed E-state index contributed by atoms with van der Waals surface area (Å²) in [5, 5.41) is 3.81. The molecule has 2 atom stereocenters. The molecule has 2 rings (SSSR count). The van der Waals surface area contributed by atoms with Gasteiger partial charge in [-0.3, -0.25) is 4.68 Å². The zero-order valence-corrected chi connectivity index (χ0v) is 13.7. The molecular weight excluding hydrogens is 311 g/mol. The molecule has 5 nitrogen and oxygen atoms in total. The topological polar surface area (TPSA) is 47.4 Å². The van der Waals surface area contributed by atoms with Crippen molar-refractivity contribution in [3.63, 3.8) is 0 Å². The SMILES string of the molecule is COC(=O)N1CCC(n2nc(C(F)(F)F)cc2C(C)C)CC1C. The van der Waals surface area contributed by atoms with Gasteiger partial charge in [0.1, 0.15) is 0 Å². The van der Waals surface area contributed by atoms with Gasteiger partial charge in [0.05, 0.1) is 13.2 Å². The normalized spacial score (nSPS) is 22.5. The van der Waals surface area contributed by atoms with Crippen molar-refractivity contribution in [3.05, 3.63) is 17.5 Å². The van der Waals surface area contributed by atoms with E-state index in [-0.39, 0.29) is 18.0 Å². The molecule has 23 heavy (non-hydrogen) atoms. The van der Waals surface area contributed by atoms with Gasteiger partial charge in [0.2, 0.25) is 0 Å². The number of piperidine rings is 1. The number of amides is 1. The number of carbonyl (C=O) groups is 1. The fourth-order valence-electron chi connectivity index (χ4n) is 3.03. The average molecular weight is 333 g/mol. The number of methoxy groups -OCH3 is 1. The van der Waals surface area contributed by atoms with Crippen LogP contribution in [0.2, 0.25) is 0 Å². The Labute approximate surface area is 133 Å². The molecule has 0 radical (unpaired) electrons. The summed E-state index contributed by atoms with van der Waals surface area (Å²) in [4.78, 5) is 13.3. The second kappa shape index (κ2) is 6.41. The number of halogens is 3. The van der Waals surface area contributed by atoms with E-state index >= 15 is 0 Å². The first-order chi connectivity index (χ1) is 10.6. The van der Waals surface area contributed by atoms with Crippen LogP contribution in [0.5, 0.6) is 0 Å². The third-order valence-electron chi connectivity index (χ3n) is 4.25. The molecule has 1 aromatic heterocycles. The maximum Gasteiger partial charge on any atom is 0.435 e. The lowest BCUT2D eigenvalue weighted by atomic mass is 9.98. The van der Waals surface area contributed by atoms with E-state index in [0.717, 1.165) is 6.07 Å². The summed E-state index contributed by atoms with van der Waals surface area (Å²) in [5.41, 5.74) is -0.287. The minimum absolute atomic E-state index is 0.0625. The van der Waals surface area contributed by atoms with E-state index in [1.807, 2.05) is 20.8 Å². The number of alkyl halides is 3. The second-order valence-electron chi connectivity index (χ2n) is 6.24. The molecule has 8 heteroatoms. The fourth-order valence-corrected chi connectivity index (χ4v) is 3.03. The van der Waals surface area contributed by atoms with E-state index in [1.54, 1.807) is 4.90 Å². The number of hydrogen-bond donors (Lipinski definition) is 0. The Hall–Kier alpha value is -1.73. The number of likely N-dealkylation sites (tertiary alicyclic amines) is 1. The molecule has 0 saturated carbocycles. The Kier molecular flexibility index (Phi) is 4.91. The lowest BCUT2D eigenvalue weighted by Crippen LogP contribution is -2.45. The minimum atomic E-state index is -4.45. The molecule has 1 amide bonds. The van der Waals surface area contributed by atoms with Crippen molar-refractivity contribution in [2.24, 2.45) is 0 Å². The molecule has 0 aromatic carbocycles. The summed E-state index contributed by atoms with van der Waals surface area (Å²) >= 11 is 0. The number of nitrogens with zero attached hydrogens (tertiary/aromatic N) is 3. The lowest BCUT2D eigenvalue weighted by molar-refractivity contribution is -0.141. The predicted molar refractivity (Wildman–Crippen MR) is 78.2 cm³/mol. The van der Waals surface area contributed by atoms with E-state index in [9.17, 15) is 18.0 Å². The molecule has 0 N–H and O–H groups in total. The van der Waals surface area contributed by atoms with Crippen LogP contribution < -0.4 is 0 Å². The monoisotopic (exact) mass is 333 g/mol. The Morgan fingerprint density at radius 3 is 2.57 bits per heavy atom. The molecule has 1 aliphatic rings. The van der Waals surface area contributed by atoms with Crippen LogP contribution in [0.15, 0.2) is 6.07 Å². The minimum Gasteiger partial charge on any atom is -0.453 e. The first-order valence-electron chi connectivity index (χ1n) is 7.66. The maximum atomic E-state index is 13.0. The number of rotatable bonds is 2. The molecule has 1 aromatic rings. The molecule has 0 bridgehead atoms. The third-order valence-corrected chi connectivity index (χ3v) is 4.25. The first kappa shape index (κ1) is 17.6. The molecule has 0 spiro atoms. The number of hydrogen-bond acceptors (Lipinski definition) is 3. The fraction of sp³-hybridized carbons (Fsp3) is 0.733. The Morgan fingerprint density at radius 1 is 1.43 bits per heavy atom. The number of aromatic nitrogens is 2. The zero-order valence-electron chi connectivity index (χ0n) is 13.7.